The lowest BCUT2D eigenvalue weighted by molar-refractivity contribution is 0.0573. The fraction of sp³-hybridized carbons (Fsp3) is 0.462. The molecule has 5 nitrogen and oxygen atoms in total. The van der Waals surface area contributed by atoms with Crippen molar-refractivity contribution in [3.63, 3.8) is 0 Å². The molecule has 0 bridgehead atoms. The van der Waals surface area contributed by atoms with Crippen molar-refractivity contribution in [1.29, 1.82) is 0 Å². The molecular weight excluding hydrogens is 247 g/mol. The maximum absolute atomic E-state index is 13.6. The van der Waals surface area contributed by atoms with Crippen LogP contribution in [0.15, 0.2) is 18.2 Å². The molecule has 19 heavy (non-hydrogen) atoms. The Hall–Kier alpha value is -1.66. The first kappa shape index (κ1) is 13.8. The van der Waals surface area contributed by atoms with Crippen molar-refractivity contribution >= 4 is 11.6 Å². The van der Waals surface area contributed by atoms with Crippen molar-refractivity contribution in [2.45, 2.75) is 13.0 Å². The third-order valence-corrected chi connectivity index (χ3v) is 3.64. The second kappa shape index (κ2) is 5.54. The fourth-order valence-electron chi connectivity index (χ4n) is 2.25. The van der Waals surface area contributed by atoms with E-state index in [1.807, 2.05) is 7.05 Å². The molecule has 1 unspecified atom stereocenters. The molecule has 6 heteroatoms. The fourth-order valence-corrected chi connectivity index (χ4v) is 2.25. The van der Waals surface area contributed by atoms with Crippen LogP contribution >= 0.6 is 0 Å². The predicted molar refractivity (Wildman–Crippen MR) is 72.2 cm³/mol. The number of halogens is 1. The molecule has 104 valence electrons. The van der Waals surface area contributed by atoms with Crippen LogP contribution in [0.4, 0.5) is 10.1 Å². The van der Waals surface area contributed by atoms with Crippen LogP contribution in [0.5, 0.6) is 0 Å². The lowest BCUT2D eigenvalue weighted by Crippen LogP contribution is -2.52. The van der Waals surface area contributed by atoms with E-state index < -0.39 is 5.82 Å². The summed E-state index contributed by atoms with van der Waals surface area (Å²) in [6.07, 6.45) is 0. The highest BCUT2D eigenvalue weighted by molar-refractivity contribution is 5.99. The van der Waals surface area contributed by atoms with Crippen molar-refractivity contribution in [2.24, 2.45) is 5.84 Å². The van der Waals surface area contributed by atoms with Crippen LogP contribution in [0.1, 0.15) is 17.3 Å². The van der Waals surface area contributed by atoms with Gasteiger partial charge in [-0.1, -0.05) is 6.07 Å². The molecular formula is C13H19FN4O. The normalized spacial score (nSPS) is 20.4. The van der Waals surface area contributed by atoms with Gasteiger partial charge in [0.15, 0.2) is 0 Å². The van der Waals surface area contributed by atoms with Gasteiger partial charge in [-0.15, -0.1) is 0 Å². The van der Waals surface area contributed by atoms with E-state index in [1.54, 1.807) is 11.0 Å². The number of nitrogens with zero attached hydrogens (tertiary/aromatic N) is 2. The van der Waals surface area contributed by atoms with Gasteiger partial charge in [0.1, 0.15) is 5.82 Å². The van der Waals surface area contributed by atoms with Gasteiger partial charge in [-0.3, -0.25) is 10.6 Å². The average Bonchev–Trinajstić information content (AvgIpc) is 2.40. The number of hydrogen-bond donors (Lipinski definition) is 2. The molecule has 0 aromatic heterocycles. The van der Waals surface area contributed by atoms with E-state index in [2.05, 4.69) is 17.2 Å². The number of piperazine rings is 1. The van der Waals surface area contributed by atoms with Crippen molar-refractivity contribution in [2.75, 3.05) is 32.1 Å². The number of benzene rings is 1. The number of hydrazine groups is 1. The Morgan fingerprint density at radius 3 is 2.84 bits per heavy atom. The number of para-hydroxylation sites is 1. The number of amides is 1. The highest BCUT2D eigenvalue weighted by Gasteiger charge is 2.27. The SMILES string of the molecule is CC1CN(C(=O)c2cccc(F)c2NN)CCN1C. The van der Waals surface area contributed by atoms with Crippen molar-refractivity contribution < 1.29 is 9.18 Å². The summed E-state index contributed by atoms with van der Waals surface area (Å²) < 4.78 is 13.6. The highest BCUT2D eigenvalue weighted by Crippen LogP contribution is 2.21. The zero-order valence-electron chi connectivity index (χ0n) is 11.2. The lowest BCUT2D eigenvalue weighted by atomic mass is 10.1. The summed E-state index contributed by atoms with van der Waals surface area (Å²) in [4.78, 5) is 16.4. The summed E-state index contributed by atoms with van der Waals surface area (Å²) in [6, 6.07) is 4.67. The number of nitrogens with two attached hydrogens (primary N) is 1. The molecule has 2 rings (SSSR count). The van der Waals surface area contributed by atoms with Gasteiger partial charge in [-0.05, 0) is 26.1 Å². The van der Waals surface area contributed by atoms with Crippen LogP contribution in [0.3, 0.4) is 0 Å². The van der Waals surface area contributed by atoms with E-state index in [-0.39, 0.29) is 17.2 Å². The number of carbonyl (C=O) groups excluding carboxylic acids is 1. The molecule has 3 N–H and O–H groups in total. The first-order valence-electron chi connectivity index (χ1n) is 6.29. The topological polar surface area (TPSA) is 61.6 Å². The number of hydrogen-bond acceptors (Lipinski definition) is 4. The van der Waals surface area contributed by atoms with E-state index in [9.17, 15) is 9.18 Å². The van der Waals surface area contributed by atoms with Crippen LogP contribution in [0, 0.1) is 5.82 Å². The minimum Gasteiger partial charge on any atom is -0.336 e. The number of anilines is 1. The summed E-state index contributed by atoms with van der Waals surface area (Å²) in [5, 5.41) is 0. The third kappa shape index (κ3) is 2.69. The predicted octanol–water partition coefficient (Wildman–Crippen LogP) is 0.887. The third-order valence-electron chi connectivity index (χ3n) is 3.64. The van der Waals surface area contributed by atoms with E-state index in [4.69, 9.17) is 5.84 Å². The average molecular weight is 266 g/mol. The Bertz CT molecular complexity index is 480. The smallest absolute Gasteiger partial charge is 0.256 e. The summed E-state index contributed by atoms with van der Waals surface area (Å²) in [7, 11) is 2.03. The second-order valence-corrected chi connectivity index (χ2v) is 4.89. The molecule has 1 atom stereocenters. The van der Waals surface area contributed by atoms with E-state index in [0.717, 1.165) is 6.54 Å². The zero-order valence-corrected chi connectivity index (χ0v) is 11.2. The van der Waals surface area contributed by atoms with Crippen molar-refractivity contribution in [3.05, 3.63) is 29.6 Å². The van der Waals surface area contributed by atoms with Crippen LogP contribution in [-0.2, 0) is 0 Å². The number of nitrogen functional groups attached to an aromatic ring is 1. The molecule has 1 heterocycles. The van der Waals surface area contributed by atoms with Crippen LogP contribution in [0.2, 0.25) is 0 Å². The highest BCUT2D eigenvalue weighted by atomic mass is 19.1. The van der Waals surface area contributed by atoms with Gasteiger partial charge in [-0.2, -0.15) is 0 Å². The zero-order chi connectivity index (χ0) is 14.0. The van der Waals surface area contributed by atoms with E-state index >= 15 is 0 Å². The molecule has 1 saturated heterocycles. The van der Waals surface area contributed by atoms with Crippen LogP contribution in [-0.4, -0.2) is 48.4 Å². The van der Waals surface area contributed by atoms with Gasteiger partial charge >= 0.3 is 0 Å². The maximum atomic E-state index is 13.6. The van der Waals surface area contributed by atoms with E-state index in [1.165, 1.54) is 12.1 Å². The first-order valence-corrected chi connectivity index (χ1v) is 6.29. The standard InChI is InChI=1S/C13H19FN4O/c1-9-8-18(7-6-17(9)2)13(19)10-4-3-5-11(14)12(10)16-15/h3-5,9,16H,6-8,15H2,1-2H3. The molecule has 0 spiro atoms. The Morgan fingerprint density at radius 1 is 1.47 bits per heavy atom. The molecule has 1 aliphatic rings. The van der Waals surface area contributed by atoms with Gasteiger partial charge in [0.25, 0.3) is 5.91 Å². The van der Waals surface area contributed by atoms with Gasteiger partial charge in [0.2, 0.25) is 0 Å². The van der Waals surface area contributed by atoms with Crippen molar-refractivity contribution in [3.8, 4) is 0 Å². The minimum absolute atomic E-state index is 0.0547. The maximum Gasteiger partial charge on any atom is 0.256 e. The molecule has 1 amide bonds. The quantitative estimate of drug-likeness (QED) is 0.616. The summed E-state index contributed by atoms with van der Waals surface area (Å²) in [5.41, 5.74) is 2.60. The van der Waals surface area contributed by atoms with Crippen LogP contribution < -0.4 is 11.3 Å². The number of nitrogens with one attached hydrogen (secondary N) is 1. The Balaban J connectivity index is 2.23. The molecule has 1 aliphatic heterocycles. The van der Waals surface area contributed by atoms with Gasteiger partial charge in [0, 0.05) is 25.7 Å². The first-order chi connectivity index (χ1) is 9.04. The minimum atomic E-state index is -0.518. The number of likely N-dealkylation sites (N-methyl/N-ethyl adjacent to an activating group) is 1. The number of rotatable bonds is 2. The molecule has 1 aromatic rings. The second-order valence-electron chi connectivity index (χ2n) is 4.89. The van der Waals surface area contributed by atoms with Crippen LogP contribution in [0.25, 0.3) is 0 Å². The van der Waals surface area contributed by atoms with Gasteiger partial charge < -0.3 is 15.2 Å². The van der Waals surface area contributed by atoms with Crippen molar-refractivity contribution in [1.82, 2.24) is 9.80 Å². The van der Waals surface area contributed by atoms with Gasteiger partial charge in [-0.25, -0.2) is 4.39 Å². The Morgan fingerprint density at radius 2 is 2.21 bits per heavy atom. The number of carbonyl (C=O) groups is 1. The molecule has 1 fully saturated rings. The summed E-state index contributed by atoms with van der Waals surface area (Å²) >= 11 is 0. The monoisotopic (exact) mass is 266 g/mol. The largest absolute Gasteiger partial charge is 0.336 e. The Labute approximate surface area is 112 Å². The molecule has 0 radical (unpaired) electrons. The van der Waals surface area contributed by atoms with Gasteiger partial charge in [0.05, 0.1) is 11.3 Å². The lowest BCUT2D eigenvalue weighted by Gasteiger charge is -2.37. The summed E-state index contributed by atoms with van der Waals surface area (Å²) in [6.45, 7) is 4.15. The molecule has 1 aromatic carbocycles. The molecule has 0 aliphatic carbocycles. The van der Waals surface area contributed by atoms with E-state index in [0.29, 0.717) is 19.1 Å². The molecule has 0 saturated carbocycles. The Kier molecular flexibility index (Phi) is 4.01. The summed E-state index contributed by atoms with van der Waals surface area (Å²) in [5.74, 6) is 4.59.